The van der Waals surface area contributed by atoms with Gasteiger partial charge in [0.25, 0.3) is 5.78 Å². The highest BCUT2D eigenvalue weighted by atomic mass is 16.5. The lowest BCUT2D eigenvalue weighted by molar-refractivity contribution is -0.132. The molecule has 31 heavy (non-hydrogen) atoms. The summed E-state index contributed by atoms with van der Waals surface area (Å²) in [5, 5.41) is 7.77. The van der Waals surface area contributed by atoms with Gasteiger partial charge in [-0.3, -0.25) is 4.79 Å². The molecule has 0 aliphatic carbocycles. The average Bonchev–Trinajstić information content (AvgIpc) is 3.49. The van der Waals surface area contributed by atoms with Gasteiger partial charge in [-0.1, -0.05) is 12.1 Å². The Hall–Kier alpha value is -3.00. The molecule has 0 saturated carbocycles. The molecule has 2 saturated heterocycles. The van der Waals surface area contributed by atoms with E-state index < -0.39 is 0 Å². The molecule has 8 heteroatoms. The molecule has 2 fully saturated rings. The maximum atomic E-state index is 13.4. The van der Waals surface area contributed by atoms with E-state index in [1.165, 1.54) is 11.9 Å². The minimum Gasteiger partial charge on any atom is -0.497 e. The van der Waals surface area contributed by atoms with Gasteiger partial charge >= 0.3 is 0 Å². The van der Waals surface area contributed by atoms with Crippen LogP contribution in [0.15, 0.2) is 30.6 Å². The summed E-state index contributed by atoms with van der Waals surface area (Å²) in [4.78, 5) is 24.2. The third-order valence-electron chi connectivity index (χ3n) is 6.92. The Bertz CT molecular complexity index is 1110. The van der Waals surface area contributed by atoms with Crippen LogP contribution >= 0.6 is 0 Å². The van der Waals surface area contributed by atoms with Crippen molar-refractivity contribution in [2.24, 2.45) is 11.8 Å². The Morgan fingerprint density at radius 2 is 2.03 bits per heavy atom. The zero-order valence-corrected chi connectivity index (χ0v) is 18.2. The molecule has 1 amide bonds. The van der Waals surface area contributed by atoms with Crippen molar-refractivity contribution in [1.29, 1.82) is 0 Å². The molecule has 5 rings (SSSR count). The lowest BCUT2D eigenvalue weighted by Crippen LogP contribution is -2.35. The maximum absolute atomic E-state index is 13.4. The fourth-order valence-corrected chi connectivity index (χ4v) is 5.30. The van der Waals surface area contributed by atoms with Gasteiger partial charge < -0.3 is 15.0 Å². The van der Waals surface area contributed by atoms with Crippen molar-refractivity contribution in [3.63, 3.8) is 0 Å². The average molecular weight is 421 g/mol. The minimum atomic E-state index is 0.108. The maximum Gasteiger partial charge on any atom is 0.252 e. The number of methoxy groups -OCH3 is 1. The molecule has 1 N–H and O–H groups in total. The fraction of sp³-hybridized carbons (Fsp3) is 0.478. The largest absolute Gasteiger partial charge is 0.497 e. The number of aromatic nitrogens is 4. The molecule has 3 atom stereocenters. The van der Waals surface area contributed by atoms with E-state index in [1.807, 2.05) is 26.0 Å². The molecule has 2 aliphatic heterocycles. The van der Waals surface area contributed by atoms with E-state index in [4.69, 9.17) is 4.74 Å². The molecule has 2 aromatic heterocycles. The van der Waals surface area contributed by atoms with E-state index in [2.05, 4.69) is 37.4 Å². The summed E-state index contributed by atoms with van der Waals surface area (Å²) in [5.41, 5.74) is 4.18. The van der Waals surface area contributed by atoms with Crippen molar-refractivity contribution >= 4 is 11.7 Å². The SMILES string of the molecule is COc1ccc([C@H]2[C@H]3CNC[C@H]3CN2C(=O)CCc2c(C)nc3ncnn3c2C)cc1. The molecule has 3 aromatic rings. The Morgan fingerprint density at radius 1 is 1.23 bits per heavy atom. The molecule has 0 unspecified atom stereocenters. The first kappa shape index (κ1) is 19.9. The van der Waals surface area contributed by atoms with Crippen LogP contribution in [0.3, 0.4) is 0 Å². The molecule has 1 aromatic carbocycles. The number of hydrogen-bond donors (Lipinski definition) is 1. The summed E-state index contributed by atoms with van der Waals surface area (Å²) in [6.07, 6.45) is 2.63. The van der Waals surface area contributed by atoms with Crippen molar-refractivity contribution in [3.8, 4) is 5.75 Å². The van der Waals surface area contributed by atoms with Gasteiger partial charge in [-0.05, 0) is 49.4 Å². The van der Waals surface area contributed by atoms with Crippen molar-refractivity contribution < 1.29 is 9.53 Å². The van der Waals surface area contributed by atoms with Crippen LogP contribution in [0.25, 0.3) is 5.78 Å². The van der Waals surface area contributed by atoms with Gasteiger partial charge in [-0.15, -0.1) is 0 Å². The van der Waals surface area contributed by atoms with Gasteiger partial charge in [0.2, 0.25) is 5.91 Å². The highest BCUT2D eigenvalue weighted by Crippen LogP contribution is 2.43. The van der Waals surface area contributed by atoms with E-state index in [-0.39, 0.29) is 11.9 Å². The number of likely N-dealkylation sites (tertiary alicyclic amines) is 1. The normalized spacial score (nSPS) is 22.8. The number of nitrogens with zero attached hydrogens (tertiary/aromatic N) is 5. The van der Waals surface area contributed by atoms with E-state index in [9.17, 15) is 4.79 Å². The van der Waals surface area contributed by atoms with Gasteiger partial charge in [0.1, 0.15) is 12.1 Å². The highest BCUT2D eigenvalue weighted by Gasteiger charge is 2.46. The van der Waals surface area contributed by atoms with Crippen molar-refractivity contribution in [3.05, 3.63) is 53.1 Å². The molecule has 0 spiro atoms. The zero-order chi connectivity index (χ0) is 21.5. The highest BCUT2D eigenvalue weighted by molar-refractivity contribution is 5.77. The van der Waals surface area contributed by atoms with E-state index in [0.717, 1.165) is 42.3 Å². The number of fused-ring (bicyclic) bond motifs is 2. The third-order valence-corrected chi connectivity index (χ3v) is 6.92. The third kappa shape index (κ3) is 3.44. The van der Waals surface area contributed by atoms with E-state index in [0.29, 0.717) is 30.5 Å². The number of aryl methyl sites for hydroxylation is 2. The van der Waals surface area contributed by atoms with Crippen molar-refractivity contribution in [1.82, 2.24) is 29.8 Å². The van der Waals surface area contributed by atoms with E-state index in [1.54, 1.807) is 11.6 Å². The molecule has 162 valence electrons. The molecule has 0 radical (unpaired) electrons. The minimum absolute atomic E-state index is 0.108. The van der Waals surface area contributed by atoms with Crippen LogP contribution in [0.2, 0.25) is 0 Å². The lowest BCUT2D eigenvalue weighted by atomic mass is 9.89. The predicted molar refractivity (Wildman–Crippen MR) is 116 cm³/mol. The number of rotatable bonds is 5. The van der Waals surface area contributed by atoms with Crippen LogP contribution in [-0.2, 0) is 11.2 Å². The van der Waals surface area contributed by atoms with Crippen LogP contribution in [0.5, 0.6) is 5.75 Å². The first-order chi connectivity index (χ1) is 15.1. The van der Waals surface area contributed by atoms with Crippen LogP contribution in [-0.4, -0.2) is 57.1 Å². The number of amides is 1. The van der Waals surface area contributed by atoms with Crippen molar-refractivity contribution in [2.45, 2.75) is 32.7 Å². The molecule has 8 nitrogen and oxygen atoms in total. The van der Waals surface area contributed by atoms with Gasteiger partial charge in [0.05, 0.1) is 13.2 Å². The molecule has 0 bridgehead atoms. The molecule has 2 aliphatic rings. The fourth-order valence-electron chi connectivity index (χ4n) is 5.30. The number of nitrogens with one attached hydrogen (secondary N) is 1. The topological polar surface area (TPSA) is 84.6 Å². The number of hydrogen-bond acceptors (Lipinski definition) is 6. The Labute approximate surface area is 181 Å². The summed E-state index contributed by atoms with van der Waals surface area (Å²) in [6, 6.07) is 8.28. The summed E-state index contributed by atoms with van der Waals surface area (Å²) in [7, 11) is 1.67. The first-order valence-corrected chi connectivity index (χ1v) is 10.9. The molecular formula is C23H28N6O2. The molecule has 4 heterocycles. The first-order valence-electron chi connectivity index (χ1n) is 10.9. The Morgan fingerprint density at radius 3 is 2.81 bits per heavy atom. The number of ether oxygens (including phenoxy) is 1. The van der Waals surface area contributed by atoms with Gasteiger partial charge in [0.15, 0.2) is 0 Å². The van der Waals surface area contributed by atoms with Crippen LogP contribution in [0, 0.1) is 25.7 Å². The standard InChI is InChI=1S/C23H28N6O2/c1-14-19(15(2)29-23(27-14)25-13-26-29)8-9-21(30)28-12-17-10-24-11-20(17)22(28)16-4-6-18(31-3)7-5-16/h4-7,13,17,20,22,24H,8-12H2,1-3H3/t17-,20-,22-/m0/s1. The molecular weight excluding hydrogens is 392 g/mol. The van der Waals surface area contributed by atoms with Crippen LogP contribution in [0.4, 0.5) is 0 Å². The van der Waals surface area contributed by atoms with Gasteiger partial charge in [0, 0.05) is 43.4 Å². The van der Waals surface area contributed by atoms with Gasteiger partial charge in [-0.2, -0.15) is 10.1 Å². The second kappa shape index (κ2) is 7.92. The summed E-state index contributed by atoms with van der Waals surface area (Å²) < 4.78 is 7.07. The predicted octanol–water partition coefficient (Wildman–Crippen LogP) is 2.10. The van der Waals surface area contributed by atoms with Crippen LogP contribution in [0.1, 0.15) is 35.0 Å². The summed E-state index contributed by atoms with van der Waals surface area (Å²) in [6.45, 7) is 6.74. The van der Waals surface area contributed by atoms with E-state index >= 15 is 0 Å². The number of carbonyl (C=O) groups excluding carboxylic acids is 1. The summed E-state index contributed by atoms with van der Waals surface area (Å²) >= 11 is 0. The second-order valence-corrected chi connectivity index (χ2v) is 8.58. The summed E-state index contributed by atoms with van der Waals surface area (Å²) in [5.74, 6) is 2.60. The second-order valence-electron chi connectivity index (χ2n) is 8.58. The Balaban J connectivity index is 1.37. The Kier molecular flexibility index (Phi) is 5.09. The lowest BCUT2D eigenvalue weighted by Gasteiger charge is -2.29. The number of benzene rings is 1. The smallest absolute Gasteiger partial charge is 0.252 e. The van der Waals surface area contributed by atoms with Gasteiger partial charge in [-0.25, -0.2) is 9.50 Å². The van der Waals surface area contributed by atoms with Crippen LogP contribution < -0.4 is 10.1 Å². The quantitative estimate of drug-likeness (QED) is 0.681. The number of carbonyl (C=O) groups is 1. The monoisotopic (exact) mass is 420 g/mol. The van der Waals surface area contributed by atoms with Crippen molar-refractivity contribution in [2.75, 3.05) is 26.7 Å². The zero-order valence-electron chi connectivity index (χ0n) is 18.2.